The van der Waals surface area contributed by atoms with Gasteiger partial charge in [-0.1, -0.05) is 0 Å². The first-order valence-corrected chi connectivity index (χ1v) is 15.0. The monoisotopic (exact) mass is 583 g/mol. The number of nitrogens with zero attached hydrogens (tertiary/aromatic N) is 2. The van der Waals surface area contributed by atoms with Gasteiger partial charge in [-0.05, 0) is 19.3 Å². The van der Waals surface area contributed by atoms with Crippen LogP contribution in [0.25, 0.3) is 0 Å². The molecule has 0 fully saturated rings. The Morgan fingerprint density at radius 2 is 1.41 bits per heavy atom. The average Bonchev–Trinajstić information content (AvgIpc) is 2.81. The van der Waals surface area contributed by atoms with Gasteiger partial charge in [0.05, 0.1) is 68.1 Å². The van der Waals surface area contributed by atoms with Crippen molar-refractivity contribution in [1.29, 1.82) is 0 Å². The van der Waals surface area contributed by atoms with Crippen molar-refractivity contribution in [3.8, 4) is 0 Å². The van der Waals surface area contributed by atoms with E-state index in [0.29, 0.717) is 45.1 Å². The van der Waals surface area contributed by atoms with E-state index in [-0.39, 0.29) is 30.9 Å². The Hall–Kier alpha value is -1.60. The summed E-state index contributed by atoms with van der Waals surface area (Å²) in [7, 11) is 10.7. The molecule has 39 heavy (non-hydrogen) atoms. The summed E-state index contributed by atoms with van der Waals surface area (Å²) in [6, 6.07) is -0.761. The van der Waals surface area contributed by atoms with Crippen LogP contribution in [0.1, 0.15) is 44.9 Å². The Bertz CT molecular complexity index is 785. The van der Waals surface area contributed by atoms with Crippen molar-refractivity contribution in [3.05, 3.63) is 0 Å². The molecule has 0 saturated carbocycles. The van der Waals surface area contributed by atoms with Crippen LogP contribution in [0, 0.1) is 0 Å². The molecule has 0 heterocycles. The molecular formula is C25H54N5O8P+2. The number of methoxy groups -OCH3 is 1. The Labute approximate surface area is 234 Å². The molecule has 0 aliphatic rings. The predicted molar refractivity (Wildman–Crippen MR) is 150 cm³/mol. The number of carbonyl (C=O) groups is 3. The average molecular weight is 584 g/mol. The van der Waals surface area contributed by atoms with Gasteiger partial charge >= 0.3 is 7.82 Å². The second-order valence-corrected chi connectivity index (χ2v) is 13.3. The number of phosphoric acid groups is 1. The summed E-state index contributed by atoms with van der Waals surface area (Å²) in [5.74, 6) is -0.584. The number of unbranched alkanes of at least 4 members (excludes halogenated alkanes) is 1. The number of quaternary nitrogens is 2. The zero-order valence-electron chi connectivity index (χ0n) is 25.3. The molecule has 13 nitrogen and oxygen atoms in total. The third kappa shape index (κ3) is 21.9. The van der Waals surface area contributed by atoms with Crippen LogP contribution in [0.5, 0.6) is 0 Å². The smallest absolute Gasteiger partial charge is 0.377 e. The molecule has 3 amide bonds. The lowest BCUT2D eigenvalue weighted by atomic mass is 10.1. The van der Waals surface area contributed by atoms with Gasteiger partial charge in [-0.25, -0.2) is 4.57 Å². The first-order chi connectivity index (χ1) is 18.0. The van der Waals surface area contributed by atoms with Gasteiger partial charge in [-0.15, -0.1) is 0 Å². The van der Waals surface area contributed by atoms with Crippen LogP contribution < -0.4 is 16.0 Å². The van der Waals surface area contributed by atoms with E-state index in [1.807, 2.05) is 0 Å². The summed E-state index contributed by atoms with van der Waals surface area (Å²) in [6.45, 7) is 1.98. The molecule has 3 unspecified atom stereocenters. The number of ether oxygens (including phenoxy) is 1. The number of nitrogens with one attached hydrogen (secondary N) is 3. The summed E-state index contributed by atoms with van der Waals surface area (Å²) in [5, 5.41) is 8.47. The van der Waals surface area contributed by atoms with Crippen LogP contribution >= 0.6 is 7.82 Å². The van der Waals surface area contributed by atoms with Crippen molar-refractivity contribution in [3.63, 3.8) is 0 Å². The number of rotatable bonds is 22. The fourth-order valence-electron chi connectivity index (χ4n) is 3.53. The third-order valence-corrected chi connectivity index (χ3v) is 6.79. The van der Waals surface area contributed by atoms with E-state index in [1.54, 1.807) is 0 Å². The standard InChI is InChI=1S/C25H52N5O8P/c1-29(2,3)17-11-14-23(31)26-16-10-9-13-22(28-24(32)15-12-18-30(4,5)6)25(33)27-19-21(36-7)20-38-39(34,35)37-8/h21-22H,9-20H2,1-8H3,(H2-2,26,27,28,31,32,33,34,35)/p+2. The molecule has 0 radical (unpaired) electrons. The molecule has 0 aromatic carbocycles. The molecule has 0 saturated heterocycles. The van der Waals surface area contributed by atoms with Crippen LogP contribution in [0.3, 0.4) is 0 Å². The van der Waals surface area contributed by atoms with E-state index in [9.17, 15) is 23.8 Å². The van der Waals surface area contributed by atoms with Crippen molar-refractivity contribution < 1.29 is 46.6 Å². The van der Waals surface area contributed by atoms with Crippen molar-refractivity contribution in [1.82, 2.24) is 16.0 Å². The first-order valence-electron chi connectivity index (χ1n) is 13.5. The van der Waals surface area contributed by atoms with E-state index in [2.05, 4.69) is 62.8 Å². The maximum Gasteiger partial charge on any atom is 0.472 e. The highest BCUT2D eigenvalue weighted by molar-refractivity contribution is 7.47. The Morgan fingerprint density at radius 1 is 0.846 bits per heavy atom. The van der Waals surface area contributed by atoms with Crippen molar-refractivity contribution in [2.75, 3.05) is 89.3 Å². The molecule has 0 aromatic rings. The van der Waals surface area contributed by atoms with Crippen LogP contribution in [0.4, 0.5) is 0 Å². The van der Waals surface area contributed by atoms with Crippen molar-refractivity contribution in [2.45, 2.75) is 57.1 Å². The SMILES string of the molecule is COC(CNC(=O)C(CCCCNC(=O)CCC[N+](C)(C)C)NC(=O)CCC[N+](C)(C)C)COP(=O)(O)OC. The number of carbonyl (C=O) groups excluding carboxylic acids is 3. The molecule has 230 valence electrons. The summed E-state index contributed by atoms with van der Waals surface area (Å²) < 4.78 is 27.5. The van der Waals surface area contributed by atoms with E-state index in [4.69, 9.17) is 9.26 Å². The lowest BCUT2D eigenvalue weighted by Crippen LogP contribution is -2.49. The number of amides is 3. The summed E-state index contributed by atoms with van der Waals surface area (Å²) >= 11 is 0. The molecule has 0 aliphatic carbocycles. The van der Waals surface area contributed by atoms with Gasteiger partial charge in [0.15, 0.2) is 0 Å². The van der Waals surface area contributed by atoms with Gasteiger partial charge in [0, 0.05) is 53.0 Å². The van der Waals surface area contributed by atoms with Gasteiger partial charge in [0.2, 0.25) is 17.7 Å². The van der Waals surface area contributed by atoms with E-state index < -0.39 is 20.0 Å². The highest BCUT2D eigenvalue weighted by Gasteiger charge is 2.24. The van der Waals surface area contributed by atoms with E-state index in [1.165, 1.54) is 7.11 Å². The number of hydrogen-bond acceptors (Lipinski definition) is 7. The normalized spacial score (nSPS) is 15.2. The number of phosphoric ester groups is 1. The minimum absolute atomic E-state index is 0.0102. The van der Waals surface area contributed by atoms with Gasteiger partial charge < -0.3 is 34.5 Å². The zero-order valence-corrected chi connectivity index (χ0v) is 26.2. The van der Waals surface area contributed by atoms with Crippen LogP contribution in [0.15, 0.2) is 0 Å². The van der Waals surface area contributed by atoms with Crippen LogP contribution in [-0.4, -0.2) is 133 Å². The Morgan fingerprint density at radius 3 is 1.92 bits per heavy atom. The second-order valence-electron chi connectivity index (χ2n) is 11.8. The second kappa shape index (κ2) is 18.7. The van der Waals surface area contributed by atoms with Crippen LogP contribution in [0.2, 0.25) is 0 Å². The molecule has 4 N–H and O–H groups in total. The van der Waals surface area contributed by atoms with Crippen molar-refractivity contribution >= 4 is 25.5 Å². The largest absolute Gasteiger partial charge is 0.472 e. The fourth-order valence-corrected chi connectivity index (χ4v) is 3.99. The molecule has 14 heteroatoms. The molecule has 0 bridgehead atoms. The zero-order chi connectivity index (χ0) is 30.1. The minimum Gasteiger partial charge on any atom is -0.377 e. The highest BCUT2D eigenvalue weighted by atomic mass is 31.2. The summed E-state index contributed by atoms with van der Waals surface area (Å²) in [6.07, 6.45) is 3.27. The molecule has 0 spiro atoms. The van der Waals surface area contributed by atoms with Gasteiger partial charge in [-0.3, -0.25) is 23.4 Å². The topological polar surface area (TPSA) is 152 Å². The molecule has 0 aliphatic heterocycles. The lowest BCUT2D eigenvalue weighted by molar-refractivity contribution is -0.870. The van der Waals surface area contributed by atoms with Crippen molar-refractivity contribution in [2.24, 2.45) is 0 Å². The van der Waals surface area contributed by atoms with Gasteiger partial charge in [0.1, 0.15) is 6.04 Å². The van der Waals surface area contributed by atoms with Gasteiger partial charge in [0.25, 0.3) is 0 Å². The number of hydrogen-bond donors (Lipinski definition) is 4. The summed E-state index contributed by atoms with van der Waals surface area (Å²) in [4.78, 5) is 46.9. The molecular weight excluding hydrogens is 529 g/mol. The van der Waals surface area contributed by atoms with Crippen LogP contribution in [-0.2, 0) is 32.7 Å². The maximum atomic E-state index is 12.9. The predicted octanol–water partition coefficient (Wildman–Crippen LogP) is 0.625. The first kappa shape index (κ1) is 37.4. The molecule has 0 aromatic heterocycles. The Balaban J connectivity index is 4.80. The quantitative estimate of drug-likeness (QED) is 0.0823. The maximum absolute atomic E-state index is 12.9. The third-order valence-electron chi connectivity index (χ3n) is 5.85. The summed E-state index contributed by atoms with van der Waals surface area (Å²) in [5.41, 5.74) is 0. The Kier molecular flexibility index (Phi) is 17.9. The lowest BCUT2D eigenvalue weighted by Gasteiger charge is -2.24. The van der Waals surface area contributed by atoms with E-state index in [0.717, 1.165) is 35.6 Å². The molecule has 3 atom stereocenters. The fraction of sp³-hybridized carbons (Fsp3) is 0.880. The molecule has 0 rings (SSSR count). The van der Waals surface area contributed by atoms with E-state index >= 15 is 0 Å². The minimum atomic E-state index is -4.17. The van der Waals surface area contributed by atoms with Gasteiger partial charge in [-0.2, -0.15) is 0 Å². The highest BCUT2D eigenvalue weighted by Crippen LogP contribution is 2.41.